The third kappa shape index (κ3) is 4.10. The van der Waals surface area contributed by atoms with Crippen LogP contribution in [0.4, 0.5) is 0 Å². The van der Waals surface area contributed by atoms with Gasteiger partial charge in [0.2, 0.25) is 5.78 Å². The minimum absolute atomic E-state index is 0.0275. The first-order chi connectivity index (χ1) is 19.5. The Morgan fingerprint density at radius 1 is 0.707 bits per heavy atom. The van der Waals surface area contributed by atoms with Crippen LogP contribution in [-0.4, -0.2) is 53.1 Å². The fourth-order valence-electron chi connectivity index (χ4n) is 5.32. The number of carbonyl (C=O) groups excluding carboxylic acids is 2. The summed E-state index contributed by atoms with van der Waals surface area (Å²) in [4.78, 5) is 27.3. The molecule has 4 aromatic rings. The van der Waals surface area contributed by atoms with E-state index in [4.69, 9.17) is 9.47 Å². The summed E-state index contributed by atoms with van der Waals surface area (Å²) in [5.74, 6) is -8.91. The minimum Gasteiger partial charge on any atom is -0.508 e. The monoisotopic (exact) mass is 558 g/mol. The number of aromatic hydroxyl groups is 6. The van der Waals surface area contributed by atoms with Gasteiger partial charge in [0, 0.05) is 24.6 Å². The molecule has 6 rings (SSSR count). The van der Waals surface area contributed by atoms with E-state index in [2.05, 4.69) is 0 Å². The number of phenols is 6. The lowest BCUT2D eigenvalue weighted by Gasteiger charge is -2.34. The van der Waals surface area contributed by atoms with Gasteiger partial charge in [0.1, 0.15) is 63.2 Å². The van der Waals surface area contributed by atoms with Gasteiger partial charge in [-0.1, -0.05) is 24.3 Å². The van der Waals surface area contributed by atoms with Gasteiger partial charge in [-0.25, -0.2) is 0 Å². The molecule has 3 atom stereocenters. The molecule has 2 aliphatic rings. The standard InChI is InChI=1S/C30H22O11/c31-15-5-1-13(2-6-15)12-30(39)29(38)24-21(41-30)11-19(35)23(27(24)37)25-26(36)22-18(34)9-17(33)10-20(22)40-28(25)14-3-7-16(32)8-4-14/h1-11,25,28,31-35,37,39H,12H2/t25-,28+,30-/m1/s1. The molecule has 0 aromatic heterocycles. The van der Waals surface area contributed by atoms with Crippen molar-refractivity contribution in [2.45, 2.75) is 24.2 Å². The highest BCUT2D eigenvalue weighted by Gasteiger charge is 2.51. The Kier molecular flexibility index (Phi) is 5.71. The van der Waals surface area contributed by atoms with Crippen LogP contribution in [0, 0.1) is 0 Å². The zero-order valence-corrected chi connectivity index (χ0v) is 21.0. The molecule has 0 amide bonds. The van der Waals surface area contributed by atoms with E-state index in [0.717, 1.165) is 18.2 Å². The van der Waals surface area contributed by atoms with Crippen molar-refractivity contribution in [3.8, 4) is 46.0 Å². The summed E-state index contributed by atoms with van der Waals surface area (Å²) in [5, 5.41) is 73.3. The van der Waals surface area contributed by atoms with Gasteiger partial charge in [0.15, 0.2) is 5.78 Å². The van der Waals surface area contributed by atoms with E-state index in [-0.39, 0.29) is 40.7 Å². The van der Waals surface area contributed by atoms with Gasteiger partial charge >= 0.3 is 0 Å². The number of hydrogen-bond acceptors (Lipinski definition) is 11. The Hall–Kier alpha value is -5.42. The molecular formula is C30H22O11. The second kappa shape index (κ2) is 9.07. The van der Waals surface area contributed by atoms with Crippen LogP contribution in [0.3, 0.4) is 0 Å². The van der Waals surface area contributed by atoms with Gasteiger partial charge in [-0.3, -0.25) is 9.59 Å². The molecule has 0 saturated heterocycles. The Morgan fingerprint density at radius 3 is 2.00 bits per heavy atom. The Labute approximate surface area is 231 Å². The van der Waals surface area contributed by atoms with Crippen LogP contribution in [0.2, 0.25) is 0 Å². The van der Waals surface area contributed by atoms with Crippen molar-refractivity contribution in [1.29, 1.82) is 0 Å². The number of ketones is 2. The maximum Gasteiger partial charge on any atom is 0.277 e. The first-order valence-corrected chi connectivity index (χ1v) is 12.4. The summed E-state index contributed by atoms with van der Waals surface area (Å²) >= 11 is 0. The molecule has 0 saturated carbocycles. The second-order valence-electron chi connectivity index (χ2n) is 9.90. The topological polar surface area (TPSA) is 194 Å². The smallest absolute Gasteiger partial charge is 0.277 e. The van der Waals surface area contributed by atoms with E-state index in [1.807, 2.05) is 0 Å². The number of aliphatic hydroxyl groups is 1. The normalized spacial score (nSPS) is 21.1. The Bertz CT molecular complexity index is 1730. The number of fused-ring (bicyclic) bond motifs is 2. The van der Waals surface area contributed by atoms with E-state index < -0.39 is 57.8 Å². The van der Waals surface area contributed by atoms with Gasteiger partial charge in [-0.15, -0.1) is 0 Å². The average Bonchev–Trinajstić information content (AvgIpc) is 3.15. The van der Waals surface area contributed by atoms with Crippen molar-refractivity contribution in [3.05, 3.63) is 94.5 Å². The van der Waals surface area contributed by atoms with Gasteiger partial charge in [0.05, 0.1) is 11.5 Å². The summed E-state index contributed by atoms with van der Waals surface area (Å²) in [5.41, 5.74) is -0.476. The van der Waals surface area contributed by atoms with Crippen LogP contribution < -0.4 is 9.47 Å². The number of rotatable bonds is 4. The molecular weight excluding hydrogens is 536 g/mol. The molecule has 0 bridgehead atoms. The predicted octanol–water partition coefficient (Wildman–Crippen LogP) is 3.53. The van der Waals surface area contributed by atoms with E-state index in [9.17, 15) is 45.3 Å². The van der Waals surface area contributed by atoms with E-state index in [0.29, 0.717) is 11.1 Å². The molecule has 0 unspecified atom stereocenters. The molecule has 11 heteroatoms. The third-order valence-corrected chi connectivity index (χ3v) is 7.21. The molecule has 7 N–H and O–H groups in total. The van der Waals surface area contributed by atoms with Crippen molar-refractivity contribution in [2.75, 3.05) is 0 Å². The predicted molar refractivity (Wildman–Crippen MR) is 140 cm³/mol. The largest absolute Gasteiger partial charge is 0.508 e. The van der Waals surface area contributed by atoms with Crippen molar-refractivity contribution in [2.24, 2.45) is 0 Å². The highest BCUT2D eigenvalue weighted by Crippen LogP contribution is 2.55. The number of Topliss-reactive ketones (excluding diaryl/α,β-unsaturated/α-hetero) is 2. The zero-order chi connectivity index (χ0) is 29.2. The zero-order valence-electron chi connectivity index (χ0n) is 21.0. The lowest BCUT2D eigenvalue weighted by atomic mass is 9.79. The van der Waals surface area contributed by atoms with Crippen molar-refractivity contribution >= 4 is 11.6 Å². The molecule has 2 aliphatic heterocycles. The van der Waals surface area contributed by atoms with Gasteiger partial charge in [0.25, 0.3) is 5.79 Å². The summed E-state index contributed by atoms with van der Waals surface area (Å²) in [7, 11) is 0. The summed E-state index contributed by atoms with van der Waals surface area (Å²) in [6, 6.07) is 14.3. The van der Waals surface area contributed by atoms with Crippen molar-refractivity contribution < 1.29 is 54.8 Å². The number of ether oxygens (including phenoxy) is 2. The van der Waals surface area contributed by atoms with Gasteiger partial charge in [-0.05, 0) is 35.4 Å². The van der Waals surface area contributed by atoms with Crippen LogP contribution in [-0.2, 0) is 6.42 Å². The van der Waals surface area contributed by atoms with Gasteiger partial charge < -0.3 is 45.2 Å². The highest BCUT2D eigenvalue weighted by molar-refractivity contribution is 6.11. The quantitative estimate of drug-likeness (QED) is 0.194. The van der Waals surface area contributed by atoms with Crippen LogP contribution in [0.5, 0.6) is 46.0 Å². The first kappa shape index (κ1) is 25.8. The van der Waals surface area contributed by atoms with Crippen LogP contribution in [0.1, 0.15) is 49.4 Å². The molecule has 0 spiro atoms. The van der Waals surface area contributed by atoms with E-state index in [1.165, 1.54) is 48.5 Å². The SMILES string of the molecule is O=C1c2c(O)cc(O)cc2O[C@@H](c2ccc(O)cc2)[C@@H]1c1c(O)cc2c(c1O)C(=O)[C@@](O)(Cc1ccc(O)cc1)O2. The molecule has 2 heterocycles. The van der Waals surface area contributed by atoms with Gasteiger partial charge in [-0.2, -0.15) is 0 Å². The Balaban J connectivity index is 1.48. The first-order valence-electron chi connectivity index (χ1n) is 12.4. The maximum absolute atomic E-state index is 13.9. The molecule has 0 fully saturated rings. The molecule has 0 aliphatic carbocycles. The molecule has 4 aromatic carbocycles. The Morgan fingerprint density at radius 2 is 1.34 bits per heavy atom. The fraction of sp³-hybridized carbons (Fsp3) is 0.133. The third-order valence-electron chi connectivity index (χ3n) is 7.21. The summed E-state index contributed by atoms with van der Waals surface area (Å²) in [6.45, 7) is 0. The molecule has 0 radical (unpaired) electrons. The fourth-order valence-corrected chi connectivity index (χ4v) is 5.32. The average molecular weight is 558 g/mol. The molecule has 208 valence electrons. The van der Waals surface area contributed by atoms with Crippen molar-refractivity contribution in [3.63, 3.8) is 0 Å². The lowest BCUT2D eigenvalue weighted by Crippen LogP contribution is -2.42. The highest BCUT2D eigenvalue weighted by atomic mass is 16.6. The number of carbonyl (C=O) groups is 2. The molecule has 11 nitrogen and oxygen atoms in total. The maximum atomic E-state index is 13.9. The second-order valence-corrected chi connectivity index (χ2v) is 9.90. The summed E-state index contributed by atoms with van der Waals surface area (Å²) < 4.78 is 11.5. The summed E-state index contributed by atoms with van der Waals surface area (Å²) in [6.07, 6.45) is -1.62. The number of benzene rings is 4. The molecule has 41 heavy (non-hydrogen) atoms. The van der Waals surface area contributed by atoms with E-state index >= 15 is 0 Å². The number of phenolic OH excluding ortho intramolecular Hbond substituents is 6. The van der Waals surface area contributed by atoms with Crippen LogP contribution in [0.15, 0.2) is 66.7 Å². The lowest BCUT2D eigenvalue weighted by molar-refractivity contribution is -0.0889. The minimum atomic E-state index is -2.46. The number of hydrogen-bond donors (Lipinski definition) is 7. The van der Waals surface area contributed by atoms with Crippen molar-refractivity contribution in [1.82, 2.24) is 0 Å². The van der Waals surface area contributed by atoms with Crippen LogP contribution >= 0.6 is 0 Å². The van der Waals surface area contributed by atoms with E-state index in [1.54, 1.807) is 0 Å². The van der Waals surface area contributed by atoms with Crippen LogP contribution in [0.25, 0.3) is 0 Å².